The maximum absolute atomic E-state index is 11.7. The molecule has 2 N–H and O–H groups in total. The Kier molecular flexibility index (Phi) is 4.60. The summed E-state index contributed by atoms with van der Waals surface area (Å²) in [5.41, 5.74) is 0.422. The van der Waals surface area contributed by atoms with Crippen molar-refractivity contribution in [2.75, 3.05) is 0 Å². The second kappa shape index (κ2) is 6.74. The van der Waals surface area contributed by atoms with Gasteiger partial charge in [-0.3, -0.25) is 14.7 Å². The van der Waals surface area contributed by atoms with Gasteiger partial charge in [0.2, 0.25) is 0 Å². The van der Waals surface area contributed by atoms with Gasteiger partial charge in [-0.2, -0.15) is 8.42 Å². The Balaban J connectivity index is 2.24. The number of rotatable bonds is 4. The van der Waals surface area contributed by atoms with Crippen molar-refractivity contribution in [3.8, 4) is 5.75 Å². The summed E-state index contributed by atoms with van der Waals surface area (Å²) in [6.07, 6.45) is 0. The number of phenols is 1. The van der Waals surface area contributed by atoms with Crippen LogP contribution in [0, 0.1) is 17.0 Å². The number of hydrogen-bond donors (Lipinski definition) is 2. The van der Waals surface area contributed by atoms with E-state index in [9.17, 15) is 28.2 Å². The fraction of sp³-hybridized carbons (Fsp3) is 0.0588. The molecule has 0 saturated heterocycles. The number of hydrogen-bond acceptors (Lipinski definition) is 7. The number of benzene rings is 3. The van der Waals surface area contributed by atoms with E-state index in [1.165, 1.54) is 42.5 Å². The zero-order valence-corrected chi connectivity index (χ0v) is 14.7. The number of aromatic hydroxyl groups is 1. The van der Waals surface area contributed by atoms with Gasteiger partial charge in [-0.1, -0.05) is 24.3 Å². The van der Waals surface area contributed by atoms with Crippen LogP contribution >= 0.6 is 0 Å². The number of azo groups is 1. The lowest BCUT2D eigenvalue weighted by atomic mass is 10.1. The summed E-state index contributed by atoms with van der Waals surface area (Å²) in [6.45, 7) is 1.67. The minimum atomic E-state index is -4.58. The van der Waals surface area contributed by atoms with Gasteiger partial charge in [0.05, 0.1) is 10.6 Å². The number of nitrogens with zero attached hydrogens (tertiary/aromatic N) is 3. The first kappa shape index (κ1) is 18.4. The minimum absolute atomic E-state index is 0.00756. The fourth-order valence-electron chi connectivity index (χ4n) is 2.56. The first-order valence-electron chi connectivity index (χ1n) is 7.57. The van der Waals surface area contributed by atoms with E-state index in [0.29, 0.717) is 10.9 Å². The van der Waals surface area contributed by atoms with Crippen LogP contribution in [0.3, 0.4) is 0 Å². The molecular weight excluding hydrogens is 374 g/mol. The first-order chi connectivity index (χ1) is 12.7. The molecule has 0 bridgehead atoms. The third-order valence-electron chi connectivity index (χ3n) is 3.90. The molecule has 0 saturated carbocycles. The topological polar surface area (TPSA) is 142 Å². The van der Waals surface area contributed by atoms with Crippen LogP contribution in [-0.2, 0) is 10.1 Å². The van der Waals surface area contributed by atoms with E-state index in [-0.39, 0.29) is 28.2 Å². The first-order valence-corrected chi connectivity index (χ1v) is 9.01. The van der Waals surface area contributed by atoms with Crippen molar-refractivity contribution in [2.45, 2.75) is 11.8 Å². The molecule has 0 aromatic heterocycles. The van der Waals surface area contributed by atoms with Gasteiger partial charge in [0.1, 0.15) is 16.3 Å². The number of aryl methyl sites for hydroxylation is 1. The summed E-state index contributed by atoms with van der Waals surface area (Å²) in [4.78, 5) is 9.91. The zero-order valence-electron chi connectivity index (χ0n) is 13.9. The molecule has 27 heavy (non-hydrogen) atoms. The SMILES string of the molecule is Cc1ccc([N+](=O)[O-])cc1N=Nc1c(O)ccc2cccc(S(=O)(=O)O)c12. The average molecular weight is 387 g/mol. The molecule has 3 aromatic rings. The second-order valence-electron chi connectivity index (χ2n) is 5.69. The smallest absolute Gasteiger partial charge is 0.295 e. The van der Waals surface area contributed by atoms with Crippen LogP contribution in [-0.4, -0.2) is 23.0 Å². The number of nitro benzene ring substituents is 1. The van der Waals surface area contributed by atoms with Crippen LogP contribution in [0.25, 0.3) is 10.8 Å². The molecule has 0 aliphatic carbocycles. The van der Waals surface area contributed by atoms with Gasteiger partial charge in [-0.05, 0) is 30.0 Å². The van der Waals surface area contributed by atoms with E-state index >= 15 is 0 Å². The molecule has 9 nitrogen and oxygen atoms in total. The van der Waals surface area contributed by atoms with Gasteiger partial charge >= 0.3 is 0 Å². The number of fused-ring (bicyclic) bond motifs is 1. The summed E-state index contributed by atoms with van der Waals surface area (Å²) in [6, 6.07) is 11.0. The van der Waals surface area contributed by atoms with Crippen molar-refractivity contribution >= 4 is 38.0 Å². The van der Waals surface area contributed by atoms with Crippen LogP contribution in [0.5, 0.6) is 5.75 Å². The van der Waals surface area contributed by atoms with Crippen molar-refractivity contribution in [1.82, 2.24) is 0 Å². The Morgan fingerprint density at radius 3 is 2.48 bits per heavy atom. The molecule has 0 amide bonds. The molecule has 0 aliphatic heterocycles. The predicted molar refractivity (Wildman–Crippen MR) is 97.4 cm³/mol. The normalized spacial score (nSPS) is 11.9. The Morgan fingerprint density at radius 1 is 1.07 bits per heavy atom. The van der Waals surface area contributed by atoms with Crippen molar-refractivity contribution in [1.29, 1.82) is 0 Å². The van der Waals surface area contributed by atoms with Gasteiger partial charge in [0.15, 0.2) is 0 Å². The lowest BCUT2D eigenvalue weighted by Crippen LogP contribution is -1.99. The van der Waals surface area contributed by atoms with Gasteiger partial charge in [-0.15, -0.1) is 10.2 Å². The van der Waals surface area contributed by atoms with E-state index in [1.807, 2.05) is 0 Å². The zero-order chi connectivity index (χ0) is 19.8. The molecule has 3 aromatic carbocycles. The molecule has 0 fully saturated rings. The summed E-state index contributed by atoms with van der Waals surface area (Å²) >= 11 is 0. The molecule has 138 valence electrons. The summed E-state index contributed by atoms with van der Waals surface area (Å²) < 4.78 is 32.8. The van der Waals surface area contributed by atoms with Crippen molar-refractivity contribution < 1.29 is 23.0 Å². The van der Waals surface area contributed by atoms with Gasteiger partial charge < -0.3 is 5.11 Å². The highest BCUT2D eigenvalue weighted by atomic mass is 32.2. The number of nitro groups is 1. The average Bonchev–Trinajstić information content (AvgIpc) is 2.60. The summed E-state index contributed by atoms with van der Waals surface area (Å²) in [7, 11) is -4.58. The van der Waals surface area contributed by atoms with Crippen LogP contribution in [0.15, 0.2) is 63.7 Å². The van der Waals surface area contributed by atoms with E-state index < -0.39 is 19.9 Å². The predicted octanol–water partition coefficient (Wildman–Crippen LogP) is 4.42. The second-order valence-corrected chi connectivity index (χ2v) is 7.08. The largest absolute Gasteiger partial charge is 0.506 e. The van der Waals surface area contributed by atoms with Crippen LogP contribution < -0.4 is 0 Å². The van der Waals surface area contributed by atoms with Crippen LogP contribution in [0.1, 0.15) is 5.56 Å². The molecule has 3 rings (SSSR count). The van der Waals surface area contributed by atoms with E-state index in [4.69, 9.17) is 0 Å². The van der Waals surface area contributed by atoms with Gasteiger partial charge in [0, 0.05) is 17.5 Å². The standard InChI is InChI=1S/C17H13N3O6S/c1-10-5-7-12(20(22)23)9-13(10)18-19-17-14(21)8-6-11-3-2-4-15(16(11)17)27(24,25)26/h2-9,21H,1H3,(H,24,25,26). The van der Waals surface area contributed by atoms with Gasteiger partial charge in [0.25, 0.3) is 15.8 Å². The Bertz CT molecular complexity index is 1200. The fourth-order valence-corrected chi connectivity index (χ4v) is 3.28. The summed E-state index contributed by atoms with van der Waals surface area (Å²) in [5.74, 6) is -0.356. The Hall–Kier alpha value is -3.37. The molecule has 0 heterocycles. The third-order valence-corrected chi connectivity index (χ3v) is 4.79. The molecule has 0 spiro atoms. The van der Waals surface area contributed by atoms with E-state index in [0.717, 1.165) is 0 Å². The molecule has 0 unspecified atom stereocenters. The van der Waals surface area contributed by atoms with E-state index in [1.54, 1.807) is 13.0 Å². The van der Waals surface area contributed by atoms with Crippen molar-refractivity contribution in [2.24, 2.45) is 10.2 Å². The molecule has 10 heteroatoms. The highest BCUT2D eigenvalue weighted by Crippen LogP contribution is 2.40. The number of phenolic OH excluding ortho intramolecular Hbond substituents is 1. The molecule has 0 aliphatic rings. The maximum atomic E-state index is 11.7. The highest BCUT2D eigenvalue weighted by molar-refractivity contribution is 7.86. The minimum Gasteiger partial charge on any atom is -0.506 e. The maximum Gasteiger partial charge on any atom is 0.295 e. The van der Waals surface area contributed by atoms with Crippen molar-refractivity contribution in [3.05, 3.63) is 64.2 Å². The molecule has 0 atom stereocenters. The highest BCUT2D eigenvalue weighted by Gasteiger charge is 2.19. The molecule has 0 radical (unpaired) electrons. The lowest BCUT2D eigenvalue weighted by molar-refractivity contribution is -0.384. The number of non-ortho nitro benzene ring substituents is 1. The third kappa shape index (κ3) is 3.61. The Morgan fingerprint density at radius 2 is 1.81 bits per heavy atom. The monoisotopic (exact) mass is 387 g/mol. The van der Waals surface area contributed by atoms with E-state index in [2.05, 4.69) is 10.2 Å². The van der Waals surface area contributed by atoms with Gasteiger partial charge in [-0.25, -0.2) is 0 Å². The van der Waals surface area contributed by atoms with Crippen LogP contribution in [0.4, 0.5) is 17.1 Å². The lowest BCUT2D eigenvalue weighted by Gasteiger charge is -2.08. The van der Waals surface area contributed by atoms with Crippen molar-refractivity contribution in [3.63, 3.8) is 0 Å². The van der Waals surface area contributed by atoms with Crippen LogP contribution in [0.2, 0.25) is 0 Å². The Labute approximate surface area is 153 Å². The summed E-state index contributed by atoms with van der Waals surface area (Å²) in [5, 5.41) is 29.3. The molecular formula is C17H13N3O6S. The quantitative estimate of drug-likeness (QED) is 0.293.